The third-order valence-corrected chi connectivity index (χ3v) is 5.19. The van der Waals surface area contributed by atoms with Crippen molar-refractivity contribution in [1.82, 2.24) is 10.2 Å². The van der Waals surface area contributed by atoms with Crippen LogP contribution in [-0.4, -0.2) is 43.1 Å². The van der Waals surface area contributed by atoms with E-state index in [1.807, 2.05) is 18.0 Å². The Morgan fingerprint density at radius 2 is 1.91 bits per heavy atom. The van der Waals surface area contributed by atoms with Crippen molar-refractivity contribution in [3.8, 4) is 5.75 Å². The number of halogens is 1. The van der Waals surface area contributed by atoms with Gasteiger partial charge in [-0.05, 0) is 63.8 Å². The molecule has 0 bridgehead atoms. The van der Waals surface area contributed by atoms with E-state index in [0.29, 0.717) is 22.4 Å². The van der Waals surface area contributed by atoms with Crippen molar-refractivity contribution >= 4 is 17.5 Å². The third kappa shape index (κ3) is 3.99. The number of hydrogen-bond donors (Lipinski definition) is 1. The fraction of sp³-hybridized carbons (Fsp3) is 0.611. The minimum Gasteiger partial charge on any atom is -0.490 e. The number of rotatable bonds is 4. The molecule has 126 valence electrons. The minimum atomic E-state index is 0.0371. The predicted octanol–water partition coefficient (Wildman–Crippen LogP) is 3.49. The first-order valence-corrected chi connectivity index (χ1v) is 8.98. The van der Waals surface area contributed by atoms with Gasteiger partial charge in [-0.2, -0.15) is 0 Å². The van der Waals surface area contributed by atoms with Crippen LogP contribution in [0, 0.1) is 0 Å². The molecular formula is C18H25ClN2O2. The number of nitrogens with one attached hydrogen (secondary N) is 1. The Bertz CT molecular complexity index is 550. The van der Waals surface area contributed by atoms with Crippen LogP contribution < -0.4 is 10.1 Å². The van der Waals surface area contributed by atoms with Crippen molar-refractivity contribution in [2.75, 3.05) is 20.1 Å². The predicted molar refractivity (Wildman–Crippen MR) is 92.3 cm³/mol. The molecule has 1 amide bonds. The molecule has 3 rings (SSSR count). The molecule has 1 aliphatic heterocycles. The van der Waals surface area contributed by atoms with Crippen molar-refractivity contribution in [3.05, 3.63) is 28.8 Å². The molecule has 5 heteroatoms. The number of hydrogen-bond acceptors (Lipinski definition) is 3. The molecule has 1 aromatic carbocycles. The molecular weight excluding hydrogens is 312 g/mol. The molecule has 1 N–H and O–H groups in total. The number of likely N-dealkylation sites (tertiary alicyclic amines) is 1. The van der Waals surface area contributed by atoms with E-state index in [0.717, 1.165) is 38.8 Å². The topological polar surface area (TPSA) is 41.6 Å². The van der Waals surface area contributed by atoms with E-state index in [2.05, 4.69) is 5.32 Å². The van der Waals surface area contributed by atoms with Gasteiger partial charge in [0, 0.05) is 24.2 Å². The lowest BCUT2D eigenvalue weighted by Crippen LogP contribution is -2.44. The van der Waals surface area contributed by atoms with Crippen LogP contribution in [0.4, 0.5) is 0 Å². The summed E-state index contributed by atoms with van der Waals surface area (Å²) < 4.78 is 6.10. The monoisotopic (exact) mass is 336 g/mol. The average molecular weight is 337 g/mol. The molecule has 23 heavy (non-hydrogen) atoms. The molecule has 4 nitrogen and oxygen atoms in total. The summed E-state index contributed by atoms with van der Waals surface area (Å²) in [6, 6.07) is 5.90. The zero-order valence-electron chi connectivity index (χ0n) is 13.7. The molecule has 1 aliphatic carbocycles. The highest BCUT2D eigenvalue weighted by Gasteiger charge is 2.26. The van der Waals surface area contributed by atoms with E-state index in [9.17, 15) is 4.79 Å². The number of carbonyl (C=O) groups is 1. The van der Waals surface area contributed by atoms with E-state index in [-0.39, 0.29) is 12.0 Å². The van der Waals surface area contributed by atoms with Crippen molar-refractivity contribution < 1.29 is 9.53 Å². The first-order valence-electron chi connectivity index (χ1n) is 8.60. The van der Waals surface area contributed by atoms with Crippen LogP contribution in [0.15, 0.2) is 18.2 Å². The van der Waals surface area contributed by atoms with Crippen LogP contribution in [0.5, 0.6) is 5.75 Å². The van der Waals surface area contributed by atoms with Crippen LogP contribution in [0.3, 0.4) is 0 Å². The smallest absolute Gasteiger partial charge is 0.257 e. The maximum Gasteiger partial charge on any atom is 0.257 e. The molecule has 1 saturated heterocycles. The van der Waals surface area contributed by atoms with Crippen molar-refractivity contribution in [1.29, 1.82) is 0 Å². The van der Waals surface area contributed by atoms with Crippen molar-refractivity contribution in [3.63, 3.8) is 0 Å². The second kappa shape index (κ2) is 7.54. The summed E-state index contributed by atoms with van der Waals surface area (Å²) in [7, 11) is 1.98. The molecule has 0 unspecified atom stereocenters. The van der Waals surface area contributed by atoms with Gasteiger partial charge >= 0.3 is 0 Å². The zero-order valence-corrected chi connectivity index (χ0v) is 14.4. The number of piperidine rings is 1. The normalized spacial score (nSPS) is 20.0. The molecule has 0 aromatic heterocycles. The lowest BCUT2D eigenvalue weighted by atomic mass is 10.0. The standard InChI is InChI=1S/C18H25ClN2O2/c1-20-14-8-10-21(11-9-14)18(22)16-12-13(19)6-7-17(16)23-15-4-2-3-5-15/h6-7,12,14-15,20H,2-5,8-11H2,1H3. The van der Waals surface area contributed by atoms with Gasteiger partial charge in [-0.3, -0.25) is 4.79 Å². The van der Waals surface area contributed by atoms with E-state index in [1.54, 1.807) is 12.1 Å². The molecule has 1 saturated carbocycles. The van der Waals surface area contributed by atoms with Gasteiger partial charge in [0.25, 0.3) is 5.91 Å². The number of amides is 1. The summed E-state index contributed by atoms with van der Waals surface area (Å²) in [4.78, 5) is 14.8. The van der Waals surface area contributed by atoms with Crippen molar-refractivity contribution in [2.24, 2.45) is 0 Å². The second-order valence-corrected chi connectivity index (χ2v) is 6.96. The Labute approximate surface area is 143 Å². The Morgan fingerprint density at radius 1 is 1.22 bits per heavy atom. The van der Waals surface area contributed by atoms with E-state index < -0.39 is 0 Å². The number of nitrogens with zero attached hydrogens (tertiary/aromatic N) is 1. The first kappa shape index (κ1) is 16.6. The Hall–Kier alpha value is -1.26. The summed E-state index contributed by atoms with van der Waals surface area (Å²) in [5.41, 5.74) is 0.604. The largest absolute Gasteiger partial charge is 0.490 e. The SMILES string of the molecule is CNC1CCN(C(=O)c2cc(Cl)ccc2OC2CCCC2)CC1. The lowest BCUT2D eigenvalue weighted by molar-refractivity contribution is 0.0700. The highest BCUT2D eigenvalue weighted by Crippen LogP contribution is 2.30. The van der Waals surface area contributed by atoms with Crippen LogP contribution in [-0.2, 0) is 0 Å². The fourth-order valence-corrected chi connectivity index (χ4v) is 3.67. The Kier molecular flexibility index (Phi) is 5.44. The lowest BCUT2D eigenvalue weighted by Gasteiger charge is -2.32. The Balaban J connectivity index is 1.74. The molecule has 0 radical (unpaired) electrons. The van der Waals surface area contributed by atoms with Crippen LogP contribution in [0.25, 0.3) is 0 Å². The first-order chi connectivity index (χ1) is 11.2. The van der Waals surface area contributed by atoms with Gasteiger partial charge in [0.15, 0.2) is 0 Å². The maximum absolute atomic E-state index is 12.9. The summed E-state index contributed by atoms with van der Waals surface area (Å²) in [6.45, 7) is 1.56. The number of carbonyl (C=O) groups excluding carboxylic acids is 1. The summed E-state index contributed by atoms with van der Waals surface area (Å²) >= 11 is 6.13. The minimum absolute atomic E-state index is 0.0371. The maximum atomic E-state index is 12.9. The van der Waals surface area contributed by atoms with Crippen LogP contribution in [0.2, 0.25) is 5.02 Å². The Morgan fingerprint density at radius 3 is 2.57 bits per heavy atom. The van der Waals surface area contributed by atoms with Gasteiger partial charge in [-0.1, -0.05) is 11.6 Å². The second-order valence-electron chi connectivity index (χ2n) is 6.52. The average Bonchev–Trinajstić information content (AvgIpc) is 3.09. The summed E-state index contributed by atoms with van der Waals surface area (Å²) in [5.74, 6) is 0.720. The van der Waals surface area contributed by atoms with Gasteiger partial charge in [-0.25, -0.2) is 0 Å². The van der Waals surface area contributed by atoms with Gasteiger partial charge in [0.05, 0.1) is 11.7 Å². The molecule has 0 spiro atoms. The van der Waals surface area contributed by atoms with Crippen LogP contribution in [0.1, 0.15) is 48.9 Å². The van der Waals surface area contributed by atoms with Gasteiger partial charge < -0.3 is 15.0 Å². The van der Waals surface area contributed by atoms with Gasteiger partial charge in [0.2, 0.25) is 0 Å². The molecule has 2 aliphatic rings. The van der Waals surface area contributed by atoms with Crippen molar-refractivity contribution in [2.45, 2.75) is 50.7 Å². The quantitative estimate of drug-likeness (QED) is 0.915. The van der Waals surface area contributed by atoms with Gasteiger partial charge in [-0.15, -0.1) is 0 Å². The van der Waals surface area contributed by atoms with E-state index in [1.165, 1.54) is 12.8 Å². The highest BCUT2D eigenvalue weighted by molar-refractivity contribution is 6.31. The number of ether oxygens (including phenoxy) is 1. The van der Waals surface area contributed by atoms with E-state index >= 15 is 0 Å². The third-order valence-electron chi connectivity index (χ3n) is 4.96. The zero-order chi connectivity index (χ0) is 16.2. The molecule has 1 heterocycles. The fourth-order valence-electron chi connectivity index (χ4n) is 3.50. The summed E-state index contributed by atoms with van der Waals surface area (Å²) in [6.07, 6.45) is 6.77. The molecule has 1 aromatic rings. The number of benzene rings is 1. The molecule has 2 fully saturated rings. The van der Waals surface area contributed by atoms with Gasteiger partial charge in [0.1, 0.15) is 5.75 Å². The van der Waals surface area contributed by atoms with Crippen LogP contribution >= 0.6 is 11.6 Å². The van der Waals surface area contributed by atoms with E-state index in [4.69, 9.17) is 16.3 Å². The highest BCUT2D eigenvalue weighted by atomic mass is 35.5. The molecule has 0 atom stereocenters. The summed E-state index contributed by atoms with van der Waals surface area (Å²) in [5, 5.41) is 3.87.